The van der Waals surface area contributed by atoms with Crippen molar-refractivity contribution in [3.63, 3.8) is 0 Å². The summed E-state index contributed by atoms with van der Waals surface area (Å²) in [5, 5.41) is 6.60. The van der Waals surface area contributed by atoms with Crippen LogP contribution in [0.2, 0.25) is 5.02 Å². The quantitative estimate of drug-likeness (QED) is 0.681. The molecule has 0 bridgehead atoms. The monoisotopic (exact) mass is 374 g/mol. The summed E-state index contributed by atoms with van der Waals surface area (Å²) in [6, 6.07) is 14.8. The summed E-state index contributed by atoms with van der Waals surface area (Å²) in [7, 11) is 1.62. The molecule has 2 N–H and O–H groups in total. The molecule has 0 aliphatic heterocycles. The molecule has 1 atom stereocenters. The molecule has 5 nitrogen and oxygen atoms in total. The Morgan fingerprint density at radius 2 is 1.77 bits per heavy atom. The normalized spacial score (nSPS) is 14.4. The van der Waals surface area contributed by atoms with Crippen LogP contribution in [-0.2, 0) is 0 Å². The van der Waals surface area contributed by atoms with E-state index in [2.05, 4.69) is 10.6 Å². The number of amides is 2. The van der Waals surface area contributed by atoms with E-state index in [9.17, 15) is 4.79 Å². The Morgan fingerprint density at radius 1 is 1.12 bits per heavy atom. The van der Waals surface area contributed by atoms with Crippen LogP contribution in [0.4, 0.5) is 4.79 Å². The topological polar surface area (TPSA) is 59.6 Å². The van der Waals surface area contributed by atoms with Crippen LogP contribution < -0.4 is 20.1 Å². The number of urea groups is 1. The van der Waals surface area contributed by atoms with E-state index in [-0.39, 0.29) is 12.1 Å². The average molecular weight is 375 g/mol. The van der Waals surface area contributed by atoms with Crippen molar-refractivity contribution in [2.75, 3.05) is 20.3 Å². The molecule has 0 saturated heterocycles. The molecule has 0 radical (unpaired) electrons. The maximum absolute atomic E-state index is 12.2. The molecule has 2 aromatic rings. The summed E-state index contributed by atoms with van der Waals surface area (Å²) in [4.78, 5) is 12.2. The molecule has 3 rings (SSSR count). The highest BCUT2D eigenvalue weighted by atomic mass is 35.5. The van der Waals surface area contributed by atoms with Crippen molar-refractivity contribution >= 4 is 17.6 Å². The standard InChI is InChI=1S/C20H23ClN2O3/c1-25-17-8-10-18(11-9-17)26-13-12-22-20(24)23-19(14-2-3-14)15-4-6-16(21)7-5-15/h4-11,14,19H,2-3,12-13H2,1H3,(H2,22,23,24). The van der Waals surface area contributed by atoms with E-state index in [1.165, 1.54) is 0 Å². The zero-order valence-electron chi connectivity index (χ0n) is 14.7. The minimum atomic E-state index is -0.185. The number of rotatable bonds is 8. The average Bonchev–Trinajstić information content (AvgIpc) is 3.50. The SMILES string of the molecule is COc1ccc(OCCNC(=O)NC(c2ccc(Cl)cc2)C2CC2)cc1. The van der Waals surface area contributed by atoms with Gasteiger partial charge in [-0.25, -0.2) is 4.79 Å². The van der Waals surface area contributed by atoms with Gasteiger partial charge in [0, 0.05) is 5.02 Å². The molecule has 1 fully saturated rings. The summed E-state index contributed by atoms with van der Waals surface area (Å²) >= 11 is 5.95. The van der Waals surface area contributed by atoms with Gasteiger partial charge in [-0.2, -0.15) is 0 Å². The first-order valence-electron chi connectivity index (χ1n) is 8.72. The van der Waals surface area contributed by atoms with Crippen LogP contribution >= 0.6 is 11.6 Å². The summed E-state index contributed by atoms with van der Waals surface area (Å²) in [6.07, 6.45) is 2.27. The van der Waals surface area contributed by atoms with Gasteiger partial charge >= 0.3 is 6.03 Å². The highest BCUT2D eigenvalue weighted by molar-refractivity contribution is 6.30. The lowest BCUT2D eigenvalue weighted by Crippen LogP contribution is -2.40. The Labute approximate surface area is 158 Å². The Hall–Kier alpha value is -2.40. The van der Waals surface area contributed by atoms with Gasteiger partial charge < -0.3 is 20.1 Å². The molecule has 0 aromatic heterocycles. The number of benzene rings is 2. The number of ether oxygens (including phenoxy) is 2. The lowest BCUT2D eigenvalue weighted by molar-refractivity contribution is 0.231. The molecular formula is C20H23ClN2O3. The summed E-state index contributed by atoms with van der Waals surface area (Å²) in [6.45, 7) is 0.824. The van der Waals surface area contributed by atoms with E-state index in [1.807, 2.05) is 48.5 Å². The van der Waals surface area contributed by atoms with Gasteiger partial charge in [0.2, 0.25) is 0 Å². The Morgan fingerprint density at radius 3 is 2.38 bits per heavy atom. The van der Waals surface area contributed by atoms with Crippen LogP contribution in [0, 0.1) is 5.92 Å². The number of hydrogen-bond acceptors (Lipinski definition) is 3. The van der Waals surface area contributed by atoms with Crippen molar-refractivity contribution in [3.8, 4) is 11.5 Å². The molecule has 1 saturated carbocycles. The molecule has 0 spiro atoms. The van der Waals surface area contributed by atoms with Gasteiger partial charge in [0.15, 0.2) is 0 Å². The molecular weight excluding hydrogens is 352 g/mol. The molecule has 1 aliphatic rings. The van der Waals surface area contributed by atoms with Crippen LogP contribution in [0.15, 0.2) is 48.5 Å². The van der Waals surface area contributed by atoms with Gasteiger partial charge in [-0.1, -0.05) is 23.7 Å². The Balaban J connectivity index is 1.43. The third-order valence-electron chi connectivity index (χ3n) is 4.32. The van der Waals surface area contributed by atoms with Crippen LogP contribution in [0.1, 0.15) is 24.4 Å². The van der Waals surface area contributed by atoms with E-state index in [0.29, 0.717) is 24.1 Å². The number of carbonyl (C=O) groups excluding carboxylic acids is 1. The molecule has 0 heterocycles. The number of halogens is 1. The molecule has 26 heavy (non-hydrogen) atoms. The first-order valence-corrected chi connectivity index (χ1v) is 9.10. The largest absolute Gasteiger partial charge is 0.497 e. The second-order valence-electron chi connectivity index (χ2n) is 6.29. The smallest absolute Gasteiger partial charge is 0.315 e. The maximum Gasteiger partial charge on any atom is 0.315 e. The Bertz CT molecular complexity index is 715. The first-order chi connectivity index (χ1) is 12.7. The van der Waals surface area contributed by atoms with Gasteiger partial charge in [-0.05, 0) is 60.7 Å². The van der Waals surface area contributed by atoms with Crippen LogP contribution in [0.25, 0.3) is 0 Å². The van der Waals surface area contributed by atoms with E-state index < -0.39 is 0 Å². The second kappa shape index (κ2) is 8.81. The molecule has 138 valence electrons. The molecule has 2 amide bonds. The summed E-state index contributed by atoms with van der Waals surface area (Å²) in [5.41, 5.74) is 1.08. The fourth-order valence-corrected chi connectivity index (χ4v) is 2.90. The fraction of sp³-hybridized carbons (Fsp3) is 0.350. The predicted octanol–water partition coefficient (Wildman–Crippen LogP) is 4.18. The molecule has 1 unspecified atom stereocenters. The van der Waals surface area contributed by atoms with Gasteiger partial charge in [0.1, 0.15) is 18.1 Å². The van der Waals surface area contributed by atoms with E-state index in [4.69, 9.17) is 21.1 Å². The third kappa shape index (κ3) is 5.30. The molecule has 6 heteroatoms. The van der Waals surface area contributed by atoms with Gasteiger partial charge in [-0.15, -0.1) is 0 Å². The predicted molar refractivity (Wildman–Crippen MR) is 102 cm³/mol. The van der Waals surface area contributed by atoms with Crippen LogP contribution in [-0.4, -0.2) is 26.3 Å². The Kier molecular flexibility index (Phi) is 6.23. The van der Waals surface area contributed by atoms with Crippen molar-refractivity contribution in [1.29, 1.82) is 0 Å². The highest BCUT2D eigenvalue weighted by Crippen LogP contribution is 2.41. The number of hydrogen-bond donors (Lipinski definition) is 2. The van der Waals surface area contributed by atoms with Crippen molar-refractivity contribution in [3.05, 3.63) is 59.1 Å². The van der Waals surface area contributed by atoms with Crippen molar-refractivity contribution in [1.82, 2.24) is 10.6 Å². The zero-order valence-corrected chi connectivity index (χ0v) is 15.5. The van der Waals surface area contributed by atoms with E-state index >= 15 is 0 Å². The van der Waals surface area contributed by atoms with Crippen LogP contribution in [0.5, 0.6) is 11.5 Å². The summed E-state index contributed by atoms with van der Waals surface area (Å²) in [5.74, 6) is 2.02. The fourth-order valence-electron chi connectivity index (χ4n) is 2.77. The van der Waals surface area contributed by atoms with E-state index in [1.54, 1.807) is 7.11 Å². The number of carbonyl (C=O) groups is 1. The minimum Gasteiger partial charge on any atom is -0.497 e. The van der Waals surface area contributed by atoms with Crippen molar-refractivity contribution in [2.45, 2.75) is 18.9 Å². The second-order valence-corrected chi connectivity index (χ2v) is 6.73. The third-order valence-corrected chi connectivity index (χ3v) is 4.58. The number of nitrogens with one attached hydrogen (secondary N) is 2. The van der Waals surface area contributed by atoms with Gasteiger partial charge in [-0.3, -0.25) is 0 Å². The lowest BCUT2D eigenvalue weighted by atomic mass is 10.0. The maximum atomic E-state index is 12.2. The van der Waals surface area contributed by atoms with Gasteiger partial charge in [0.05, 0.1) is 19.7 Å². The summed E-state index contributed by atoms with van der Waals surface area (Å²) < 4.78 is 10.7. The van der Waals surface area contributed by atoms with Crippen LogP contribution in [0.3, 0.4) is 0 Å². The molecule has 1 aliphatic carbocycles. The highest BCUT2D eigenvalue weighted by Gasteiger charge is 2.33. The minimum absolute atomic E-state index is 0.0229. The zero-order chi connectivity index (χ0) is 18.4. The lowest BCUT2D eigenvalue weighted by Gasteiger charge is -2.19. The molecule has 2 aromatic carbocycles. The van der Waals surface area contributed by atoms with Crippen molar-refractivity contribution in [2.24, 2.45) is 5.92 Å². The van der Waals surface area contributed by atoms with E-state index in [0.717, 1.165) is 29.9 Å². The van der Waals surface area contributed by atoms with Crippen molar-refractivity contribution < 1.29 is 14.3 Å². The number of methoxy groups -OCH3 is 1. The first kappa shape index (κ1) is 18.4. The van der Waals surface area contributed by atoms with Gasteiger partial charge in [0.25, 0.3) is 0 Å².